The van der Waals surface area contributed by atoms with Gasteiger partial charge in [0.05, 0.1) is 6.61 Å². The Morgan fingerprint density at radius 3 is 2.54 bits per heavy atom. The van der Waals surface area contributed by atoms with Crippen molar-refractivity contribution in [3.63, 3.8) is 0 Å². The molecular weight excluding hydrogens is 479 g/mol. The van der Waals surface area contributed by atoms with Gasteiger partial charge >= 0.3 is 0 Å². The van der Waals surface area contributed by atoms with Crippen molar-refractivity contribution in [2.45, 2.75) is 70.5 Å². The lowest BCUT2D eigenvalue weighted by Gasteiger charge is -2.43. The summed E-state index contributed by atoms with van der Waals surface area (Å²) in [7, 11) is 0. The monoisotopic (exact) mass is 512 g/mol. The standard InChI is InChI=1S/C27H33FN4O5/c28-19-11-10-18-16-29-26(35)20-17-32-23(25(34)24(20)33)27(36)30-12-8-9-22(30)31(32)13-6-4-2-1-3-5-7-14-37-21(18)15-19/h10-11,15,17,22,34H,1-9,12-14,16H2,(H,29,35)/t22-/m1/s1. The summed E-state index contributed by atoms with van der Waals surface area (Å²) in [5.41, 5.74) is -0.669. The van der Waals surface area contributed by atoms with Crippen LogP contribution in [-0.4, -0.2) is 52.4 Å². The van der Waals surface area contributed by atoms with Crippen molar-refractivity contribution in [2.24, 2.45) is 0 Å². The van der Waals surface area contributed by atoms with Crippen LogP contribution in [0.3, 0.4) is 0 Å². The summed E-state index contributed by atoms with van der Waals surface area (Å²) in [6.45, 7) is 1.66. The van der Waals surface area contributed by atoms with E-state index in [1.165, 1.54) is 23.0 Å². The zero-order valence-electron chi connectivity index (χ0n) is 20.9. The van der Waals surface area contributed by atoms with Crippen LogP contribution in [0.15, 0.2) is 29.2 Å². The van der Waals surface area contributed by atoms with Gasteiger partial charge in [0.15, 0.2) is 11.4 Å². The van der Waals surface area contributed by atoms with Gasteiger partial charge in [-0.25, -0.2) is 4.39 Å². The molecule has 0 saturated carbocycles. The number of aromatic nitrogens is 1. The molecule has 0 spiro atoms. The van der Waals surface area contributed by atoms with Gasteiger partial charge in [0.25, 0.3) is 11.8 Å². The highest BCUT2D eigenvalue weighted by atomic mass is 19.1. The second kappa shape index (κ2) is 10.8. The largest absolute Gasteiger partial charge is 0.502 e. The Hall–Kier alpha value is -3.56. The Kier molecular flexibility index (Phi) is 7.34. The Morgan fingerprint density at radius 2 is 1.73 bits per heavy atom. The molecule has 1 aromatic heterocycles. The van der Waals surface area contributed by atoms with Crippen molar-refractivity contribution >= 4 is 11.8 Å². The number of hydrogen-bond acceptors (Lipinski definition) is 6. The molecule has 37 heavy (non-hydrogen) atoms. The summed E-state index contributed by atoms with van der Waals surface area (Å²) >= 11 is 0. The highest BCUT2D eigenvalue weighted by molar-refractivity contribution is 5.99. The number of ether oxygens (including phenoxy) is 1. The topological polar surface area (TPSA) is 104 Å². The molecule has 0 aliphatic carbocycles. The normalized spacial score (nSPS) is 21.2. The molecule has 1 saturated heterocycles. The minimum absolute atomic E-state index is 0.00937. The fourth-order valence-electron chi connectivity index (χ4n) is 5.51. The summed E-state index contributed by atoms with van der Waals surface area (Å²) in [4.78, 5) is 41.0. The minimum Gasteiger partial charge on any atom is -0.502 e. The third-order valence-corrected chi connectivity index (χ3v) is 7.47. The van der Waals surface area contributed by atoms with E-state index in [1.807, 2.05) is 5.01 Å². The molecule has 3 aliphatic rings. The van der Waals surface area contributed by atoms with Gasteiger partial charge in [-0.3, -0.25) is 24.1 Å². The second-order valence-electron chi connectivity index (χ2n) is 9.96. The quantitative estimate of drug-likeness (QED) is 0.562. The second-order valence-corrected chi connectivity index (χ2v) is 9.96. The van der Waals surface area contributed by atoms with E-state index in [0.717, 1.165) is 57.8 Å². The molecular formula is C27H33FN4O5. The van der Waals surface area contributed by atoms with Gasteiger partial charge in [-0.15, -0.1) is 0 Å². The lowest BCUT2D eigenvalue weighted by atomic mass is 10.1. The SMILES string of the molecule is O=C1NCc2ccc(F)cc2OCCCCCCCCCN2[C@@H]3CCCN3C(=O)c3c(O)c(=O)c1cn32. The van der Waals surface area contributed by atoms with E-state index < -0.39 is 28.8 Å². The van der Waals surface area contributed by atoms with Crippen molar-refractivity contribution in [3.05, 3.63) is 57.3 Å². The third-order valence-electron chi connectivity index (χ3n) is 7.47. The van der Waals surface area contributed by atoms with Crippen LogP contribution in [0.5, 0.6) is 11.5 Å². The van der Waals surface area contributed by atoms with Crippen LogP contribution in [0.2, 0.25) is 0 Å². The predicted octanol–water partition coefficient (Wildman–Crippen LogP) is 3.26. The number of halogens is 1. The molecule has 9 nitrogen and oxygen atoms in total. The third kappa shape index (κ3) is 5.01. The number of fused-ring (bicyclic) bond motifs is 4. The molecule has 3 aliphatic heterocycles. The molecule has 10 heteroatoms. The number of benzene rings is 1. The molecule has 0 unspecified atom stereocenters. The van der Waals surface area contributed by atoms with Crippen LogP contribution in [0.25, 0.3) is 0 Å². The van der Waals surface area contributed by atoms with E-state index >= 15 is 0 Å². The average Bonchev–Trinajstić information content (AvgIpc) is 3.37. The number of carbonyl (C=O) groups excluding carboxylic acids is 2. The van der Waals surface area contributed by atoms with Gasteiger partial charge in [-0.2, -0.15) is 0 Å². The van der Waals surface area contributed by atoms with Gasteiger partial charge in [0, 0.05) is 37.5 Å². The van der Waals surface area contributed by atoms with Crippen molar-refractivity contribution in [1.82, 2.24) is 14.9 Å². The first-order valence-corrected chi connectivity index (χ1v) is 13.2. The van der Waals surface area contributed by atoms with Crippen LogP contribution in [0.4, 0.5) is 4.39 Å². The van der Waals surface area contributed by atoms with E-state index in [1.54, 1.807) is 11.0 Å². The number of amides is 2. The molecule has 1 fully saturated rings. The Bertz CT molecular complexity index is 1250. The summed E-state index contributed by atoms with van der Waals surface area (Å²) < 4.78 is 21.2. The fraction of sp³-hybridized carbons (Fsp3) is 0.519. The van der Waals surface area contributed by atoms with Crippen molar-refractivity contribution in [1.29, 1.82) is 0 Å². The maximum atomic E-state index is 13.9. The number of aromatic hydroxyl groups is 1. The first-order chi connectivity index (χ1) is 18.0. The van der Waals surface area contributed by atoms with Crippen LogP contribution < -0.4 is 20.5 Å². The molecule has 5 rings (SSSR count). The molecule has 2 aromatic rings. The smallest absolute Gasteiger partial charge is 0.278 e. The van der Waals surface area contributed by atoms with Gasteiger partial charge in [-0.1, -0.05) is 38.2 Å². The highest BCUT2D eigenvalue weighted by Gasteiger charge is 2.42. The van der Waals surface area contributed by atoms with Gasteiger partial charge in [0.2, 0.25) is 5.43 Å². The fourth-order valence-corrected chi connectivity index (χ4v) is 5.51. The Balaban J connectivity index is 1.50. The van der Waals surface area contributed by atoms with E-state index in [-0.39, 0.29) is 24.0 Å². The van der Waals surface area contributed by atoms with Crippen molar-refractivity contribution in [3.8, 4) is 11.5 Å². The Morgan fingerprint density at radius 1 is 0.973 bits per heavy atom. The summed E-state index contributed by atoms with van der Waals surface area (Å²) in [5, 5.41) is 15.5. The predicted molar refractivity (Wildman–Crippen MR) is 135 cm³/mol. The van der Waals surface area contributed by atoms with Crippen molar-refractivity contribution < 1.29 is 23.8 Å². The number of hydrogen-bond donors (Lipinski definition) is 2. The van der Waals surface area contributed by atoms with E-state index in [9.17, 15) is 23.9 Å². The molecule has 1 aromatic carbocycles. The zero-order valence-corrected chi connectivity index (χ0v) is 20.9. The first-order valence-electron chi connectivity index (χ1n) is 13.2. The average molecular weight is 513 g/mol. The number of nitrogens with one attached hydrogen (secondary N) is 1. The number of rotatable bonds is 0. The molecule has 2 bridgehead atoms. The molecule has 1 atom stereocenters. The highest BCUT2D eigenvalue weighted by Crippen LogP contribution is 2.31. The lowest BCUT2D eigenvalue weighted by molar-refractivity contribution is 0.0643. The summed E-state index contributed by atoms with van der Waals surface area (Å²) in [6.07, 6.45) is 9.85. The van der Waals surface area contributed by atoms with Gasteiger partial charge in [0.1, 0.15) is 23.3 Å². The molecule has 0 radical (unpaired) electrons. The van der Waals surface area contributed by atoms with Crippen molar-refractivity contribution in [2.75, 3.05) is 24.7 Å². The number of nitrogens with zero attached hydrogens (tertiary/aromatic N) is 3. The zero-order chi connectivity index (χ0) is 25.9. The van der Waals surface area contributed by atoms with Crippen LogP contribution in [0, 0.1) is 5.82 Å². The van der Waals surface area contributed by atoms with E-state index in [0.29, 0.717) is 31.0 Å². The number of pyridine rings is 1. The maximum Gasteiger partial charge on any atom is 0.278 e. The molecule has 2 amide bonds. The lowest BCUT2D eigenvalue weighted by Crippen LogP contribution is -2.59. The minimum atomic E-state index is -0.892. The van der Waals surface area contributed by atoms with Gasteiger partial charge < -0.3 is 20.1 Å². The van der Waals surface area contributed by atoms with Crippen LogP contribution in [0.1, 0.15) is 84.2 Å². The summed E-state index contributed by atoms with van der Waals surface area (Å²) in [5.74, 6) is -1.89. The molecule has 198 valence electrons. The van der Waals surface area contributed by atoms with E-state index in [2.05, 4.69) is 5.32 Å². The Labute approximate surface area is 214 Å². The molecule has 2 N–H and O–H groups in total. The van der Waals surface area contributed by atoms with Gasteiger partial charge in [-0.05, 0) is 31.7 Å². The molecule has 4 heterocycles. The first kappa shape index (κ1) is 25.1. The summed E-state index contributed by atoms with van der Waals surface area (Å²) in [6, 6.07) is 4.13. The van der Waals surface area contributed by atoms with Crippen LogP contribution in [-0.2, 0) is 6.54 Å². The number of carbonyl (C=O) groups is 2. The van der Waals surface area contributed by atoms with E-state index in [4.69, 9.17) is 4.74 Å². The van der Waals surface area contributed by atoms with Crippen LogP contribution >= 0.6 is 0 Å². The maximum absolute atomic E-state index is 13.9.